The number of rotatable bonds is 3. The standard InChI is InChI=1S/C19H18F3N5O2.C2HF3O2/c1-29-17(28)12-4-5-14-15(11-12)25-18(24-14)27-9-7-26(8-10-27)16-13(19(20,21)22)3-2-6-23-16;3-2(4,5)1(6)7/h2-6,11H,7-10H2,1H3,(H,24,25);(H,6,7). The highest BCUT2D eigenvalue weighted by atomic mass is 19.4. The zero-order valence-electron chi connectivity index (χ0n) is 18.5. The van der Waals surface area contributed by atoms with Crippen LogP contribution in [0.25, 0.3) is 11.0 Å². The van der Waals surface area contributed by atoms with E-state index in [4.69, 9.17) is 14.6 Å². The number of esters is 1. The van der Waals surface area contributed by atoms with Crippen LogP contribution in [-0.2, 0) is 15.7 Å². The van der Waals surface area contributed by atoms with E-state index < -0.39 is 29.9 Å². The number of methoxy groups -OCH3 is 1. The number of ether oxygens (including phenoxy) is 1. The lowest BCUT2D eigenvalue weighted by molar-refractivity contribution is -0.192. The zero-order valence-corrected chi connectivity index (χ0v) is 18.5. The van der Waals surface area contributed by atoms with Crippen LogP contribution in [0.4, 0.5) is 38.1 Å². The second-order valence-corrected chi connectivity index (χ2v) is 7.43. The molecule has 0 atom stereocenters. The Kier molecular flexibility index (Phi) is 7.59. The fraction of sp³-hybridized carbons (Fsp3) is 0.333. The molecule has 0 spiro atoms. The number of carbonyl (C=O) groups excluding carboxylic acids is 1. The third-order valence-electron chi connectivity index (χ3n) is 5.10. The highest BCUT2D eigenvalue weighted by Crippen LogP contribution is 2.35. The van der Waals surface area contributed by atoms with Gasteiger partial charge >= 0.3 is 24.3 Å². The van der Waals surface area contributed by atoms with E-state index >= 15 is 0 Å². The second kappa shape index (κ2) is 10.3. The number of aliphatic carboxylic acids is 1. The number of aromatic nitrogens is 3. The fourth-order valence-electron chi connectivity index (χ4n) is 3.39. The largest absolute Gasteiger partial charge is 0.490 e. The third-order valence-corrected chi connectivity index (χ3v) is 5.10. The van der Waals surface area contributed by atoms with E-state index in [-0.39, 0.29) is 5.82 Å². The summed E-state index contributed by atoms with van der Waals surface area (Å²) in [5.41, 5.74) is 1.07. The molecule has 2 aromatic heterocycles. The minimum atomic E-state index is -5.08. The maximum Gasteiger partial charge on any atom is 0.490 e. The molecule has 2 N–H and O–H groups in total. The average Bonchev–Trinajstić information content (AvgIpc) is 3.26. The van der Waals surface area contributed by atoms with Gasteiger partial charge in [-0.15, -0.1) is 0 Å². The lowest BCUT2D eigenvalue weighted by Crippen LogP contribution is -2.47. The fourth-order valence-corrected chi connectivity index (χ4v) is 3.39. The molecule has 0 aliphatic carbocycles. The molecular formula is C21H19F6N5O4. The van der Waals surface area contributed by atoms with Crippen molar-refractivity contribution in [1.29, 1.82) is 0 Å². The van der Waals surface area contributed by atoms with Gasteiger partial charge in [-0.3, -0.25) is 0 Å². The summed E-state index contributed by atoms with van der Waals surface area (Å²) in [7, 11) is 1.32. The predicted molar refractivity (Wildman–Crippen MR) is 115 cm³/mol. The molecule has 36 heavy (non-hydrogen) atoms. The van der Waals surface area contributed by atoms with Gasteiger partial charge in [-0.1, -0.05) is 0 Å². The monoisotopic (exact) mass is 519 g/mol. The van der Waals surface area contributed by atoms with Gasteiger partial charge in [0.25, 0.3) is 0 Å². The number of benzene rings is 1. The Hall–Kier alpha value is -4.04. The van der Waals surface area contributed by atoms with Gasteiger partial charge in [-0.05, 0) is 30.3 Å². The number of anilines is 2. The summed E-state index contributed by atoms with van der Waals surface area (Å²) in [6.45, 7) is 1.73. The summed E-state index contributed by atoms with van der Waals surface area (Å²) >= 11 is 0. The van der Waals surface area contributed by atoms with Gasteiger partial charge in [0.15, 0.2) is 0 Å². The summed E-state index contributed by atoms with van der Waals surface area (Å²) in [5, 5.41) is 7.12. The topological polar surface area (TPSA) is 112 Å². The van der Waals surface area contributed by atoms with Crippen molar-refractivity contribution >= 4 is 34.7 Å². The number of nitrogens with zero attached hydrogens (tertiary/aromatic N) is 4. The van der Waals surface area contributed by atoms with Crippen molar-refractivity contribution in [2.45, 2.75) is 12.4 Å². The van der Waals surface area contributed by atoms with Crippen molar-refractivity contribution < 1.29 is 45.8 Å². The number of aromatic amines is 1. The smallest absolute Gasteiger partial charge is 0.475 e. The second-order valence-electron chi connectivity index (χ2n) is 7.43. The summed E-state index contributed by atoms with van der Waals surface area (Å²) in [6, 6.07) is 7.36. The molecule has 0 saturated carbocycles. The molecule has 0 amide bonds. The molecule has 194 valence electrons. The molecular weight excluding hydrogens is 500 g/mol. The number of imidazole rings is 1. The van der Waals surface area contributed by atoms with Gasteiger partial charge in [-0.2, -0.15) is 26.3 Å². The van der Waals surface area contributed by atoms with E-state index in [9.17, 15) is 31.1 Å². The zero-order chi connectivity index (χ0) is 26.7. The minimum absolute atomic E-state index is 0.0491. The minimum Gasteiger partial charge on any atom is -0.475 e. The Morgan fingerprint density at radius 2 is 1.64 bits per heavy atom. The maximum atomic E-state index is 13.3. The molecule has 1 aliphatic heterocycles. The van der Waals surface area contributed by atoms with Crippen LogP contribution in [0.15, 0.2) is 36.5 Å². The number of hydrogen-bond donors (Lipinski definition) is 2. The van der Waals surface area contributed by atoms with Crippen LogP contribution in [0.5, 0.6) is 0 Å². The first-order chi connectivity index (χ1) is 16.8. The quantitative estimate of drug-likeness (QED) is 0.398. The Labute approximate surface area is 199 Å². The molecule has 1 aromatic carbocycles. The Bertz CT molecular complexity index is 1240. The number of alkyl halides is 6. The van der Waals surface area contributed by atoms with Crippen LogP contribution in [0.1, 0.15) is 15.9 Å². The number of fused-ring (bicyclic) bond motifs is 1. The lowest BCUT2D eigenvalue weighted by Gasteiger charge is -2.36. The number of pyridine rings is 1. The van der Waals surface area contributed by atoms with E-state index in [1.54, 1.807) is 23.1 Å². The van der Waals surface area contributed by atoms with Crippen molar-refractivity contribution in [3.8, 4) is 0 Å². The van der Waals surface area contributed by atoms with E-state index in [2.05, 4.69) is 15.0 Å². The average molecular weight is 519 g/mol. The first kappa shape index (κ1) is 26.6. The van der Waals surface area contributed by atoms with Crippen molar-refractivity contribution in [2.75, 3.05) is 43.1 Å². The lowest BCUT2D eigenvalue weighted by atomic mass is 10.2. The SMILES string of the molecule is COC(=O)c1ccc2nc(N3CCN(c4ncccc4C(F)(F)F)CC3)[nH]c2c1.O=C(O)C(F)(F)F. The molecule has 1 fully saturated rings. The number of carboxylic acids is 1. The van der Waals surface area contributed by atoms with Crippen LogP contribution in [0.2, 0.25) is 0 Å². The maximum absolute atomic E-state index is 13.3. The predicted octanol–water partition coefficient (Wildman–Crippen LogP) is 3.72. The highest BCUT2D eigenvalue weighted by molar-refractivity contribution is 5.94. The van der Waals surface area contributed by atoms with Gasteiger partial charge < -0.3 is 24.6 Å². The number of H-pyrrole nitrogens is 1. The van der Waals surface area contributed by atoms with Crippen LogP contribution in [0, 0.1) is 0 Å². The number of carboxylic acid groups (broad SMARTS) is 1. The number of carbonyl (C=O) groups is 2. The van der Waals surface area contributed by atoms with Crippen LogP contribution in [0.3, 0.4) is 0 Å². The van der Waals surface area contributed by atoms with Crippen molar-refractivity contribution in [2.24, 2.45) is 0 Å². The van der Waals surface area contributed by atoms with Gasteiger partial charge in [0.1, 0.15) is 5.82 Å². The Morgan fingerprint density at radius 1 is 1.03 bits per heavy atom. The van der Waals surface area contributed by atoms with Crippen LogP contribution < -0.4 is 9.80 Å². The summed E-state index contributed by atoms with van der Waals surface area (Å²) in [5.74, 6) is -2.63. The number of halogens is 6. The molecule has 3 heterocycles. The molecule has 3 aromatic rings. The summed E-state index contributed by atoms with van der Waals surface area (Å²) in [4.78, 5) is 35.8. The molecule has 0 radical (unpaired) electrons. The summed E-state index contributed by atoms with van der Waals surface area (Å²) < 4.78 is 76.2. The van der Waals surface area contributed by atoms with Gasteiger partial charge in [0, 0.05) is 32.4 Å². The third kappa shape index (κ3) is 6.14. The summed E-state index contributed by atoms with van der Waals surface area (Å²) in [6.07, 6.45) is -8.16. The molecule has 0 bridgehead atoms. The molecule has 15 heteroatoms. The molecule has 1 saturated heterocycles. The van der Waals surface area contributed by atoms with Crippen molar-refractivity contribution in [3.63, 3.8) is 0 Å². The van der Waals surface area contributed by atoms with Gasteiger partial charge in [0.05, 0.1) is 29.3 Å². The number of hydrogen-bond acceptors (Lipinski definition) is 7. The Balaban J connectivity index is 0.000000454. The van der Waals surface area contributed by atoms with E-state index in [1.165, 1.54) is 19.4 Å². The molecule has 9 nitrogen and oxygen atoms in total. The van der Waals surface area contributed by atoms with E-state index in [1.807, 2.05) is 4.90 Å². The molecule has 4 rings (SSSR count). The number of piperazine rings is 1. The normalized spacial score (nSPS) is 14.3. The van der Waals surface area contributed by atoms with Crippen LogP contribution >= 0.6 is 0 Å². The first-order valence-electron chi connectivity index (χ1n) is 10.2. The van der Waals surface area contributed by atoms with E-state index in [0.29, 0.717) is 48.7 Å². The number of nitrogens with one attached hydrogen (secondary N) is 1. The Morgan fingerprint density at radius 3 is 2.19 bits per heavy atom. The van der Waals surface area contributed by atoms with E-state index in [0.717, 1.165) is 6.07 Å². The van der Waals surface area contributed by atoms with Crippen molar-refractivity contribution in [3.05, 3.63) is 47.7 Å². The van der Waals surface area contributed by atoms with Gasteiger partial charge in [0.2, 0.25) is 5.95 Å². The highest BCUT2D eigenvalue weighted by Gasteiger charge is 2.38. The van der Waals surface area contributed by atoms with Gasteiger partial charge in [-0.25, -0.2) is 19.6 Å². The molecule has 0 unspecified atom stereocenters. The first-order valence-corrected chi connectivity index (χ1v) is 10.2. The molecule has 1 aliphatic rings. The van der Waals surface area contributed by atoms with Crippen molar-refractivity contribution in [1.82, 2.24) is 15.0 Å². The van der Waals surface area contributed by atoms with Crippen LogP contribution in [-0.4, -0.2) is 71.5 Å².